The van der Waals surface area contributed by atoms with Crippen LogP contribution in [0.1, 0.15) is 18.1 Å². The predicted octanol–water partition coefficient (Wildman–Crippen LogP) is 3.92. The zero-order chi connectivity index (χ0) is 19.4. The lowest BCUT2D eigenvalue weighted by Crippen LogP contribution is -2.32. The SMILES string of the molecule is CC(O)(CNc1cnn(Cc2ccccc2)c(=O)c1Cl)c1ccccc1Cl. The van der Waals surface area contributed by atoms with Crippen molar-refractivity contribution in [3.63, 3.8) is 0 Å². The number of anilines is 1. The van der Waals surface area contributed by atoms with Crippen molar-refractivity contribution in [2.24, 2.45) is 0 Å². The van der Waals surface area contributed by atoms with E-state index in [1.165, 1.54) is 10.9 Å². The molecule has 1 aromatic heterocycles. The van der Waals surface area contributed by atoms with Crippen molar-refractivity contribution in [3.05, 3.63) is 92.3 Å². The van der Waals surface area contributed by atoms with Gasteiger partial charge in [-0.2, -0.15) is 5.10 Å². The molecule has 3 rings (SSSR count). The molecule has 0 radical (unpaired) electrons. The molecule has 2 N–H and O–H groups in total. The second-order valence-corrected chi connectivity index (χ2v) is 7.21. The number of nitrogens with zero attached hydrogens (tertiary/aromatic N) is 2. The molecule has 7 heteroatoms. The summed E-state index contributed by atoms with van der Waals surface area (Å²) in [5, 5.41) is 18.4. The highest BCUT2D eigenvalue weighted by Crippen LogP contribution is 2.28. The lowest BCUT2D eigenvalue weighted by Gasteiger charge is -2.26. The Labute approximate surface area is 167 Å². The summed E-state index contributed by atoms with van der Waals surface area (Å²) >= 11 is 12.4. The Balaban J connectivity index is 1.77. The summed E-state index contributed by atoms with van der Waals surface area (Å²) in [6.07, 6.45) is 1.48. The maximum absolute atomic E-state index is 12.5. The minimum absolute atomic E-state index is 0.0240. The van der Waals surface area contributed by atoms with Crippen LogP contribution >= 0.6 is 23.2 Å². The van der Waals surface area contributed by atoms with Crippen LogP contribution in [0.5, 0.6) is 0 Å². The lowest BCUT2D eigenvalue weighted by molar-refractivity contribution is 0.0716. The zero-order valence-corrected chi connectivity index (χ0v) is 16.2. The van der Waals surface area contributed by atoms with Crippen LogP contribution in [0.15, 0.2) is 65.6 Å². The molecule has 0 bridgehead atoms. The normalized spacial score (nSPS) is 13.2. The molecule has 140 valence electrons. The fraction of sp³-hybridized carbons (Fsp3) is 0.200. The van der Waals surface area contributed by atoms with Crippen molar-refractivity contribution in [2.75, 3.05) is 11.9 Å². The number of rotatable bonds is 6. The Morgan fingerprint density at radius 3 is 2.48 bits per heavy atom. The second kappa shape index (κ2) is 8.13. The highest BCUT2D eigenvalue weighted by Gasteiger charge is 2.26. The summed E-state index contributed by atoms with van der Waals surface area (Å²) < 4.78 is 1.30. The summed E-state index contributed by atoms with van der Waals surface area (Å²) in [6.45, 7) is 2.08. The zero-order valence-electron chi connectivity index (χ0n) is 14.7. The molecule has 0 amide bonds. The van der Waals surface area contributed by atoms with Gasteiger partial charge in [0, 0.05) is 17.1 Å². The van der Waals surface area contributed by atoms with E-state index in [1.54, 1.807) is 31.2 Å². The van der Waals surface area contributed by atoms with Crippen molar-refractivity contribution in [1.82, 2.24) is 9.78 Å². The number of hydrogen-bond donors (Lipinski definition) is 2. The van der Waals surface area contributed by atoms with Gasteiger partial charge >= 0.3 is 0 Å². The third kappa shape index (κ3) is 4.50. The van der Waals surface area contributed by atoms with Gasteiger partial charge < -0.3 is 10.4 Å². The van der Waals surface area contributed by atoms with Crippen LogP contribution in [0.4, 0.5) is 5.69 Å². The topological polar surface area (TPSA) is 67.2 Å². The Bertz CT molecular complexity index is 988. The van der Waals surface area contributed by atoms with Crippen LogP contribution in [0, 0.1) is 0 Å². The van der Waals surface area contributed by atoms with Gasteiger partial charge in [-0.1, -0.05) is 71.7 Å². The van der Waals surface area contributed by atoms with Crippen molar-refractivity contribution >= 4 is 28.9 Å². The standard InChI is InChI=1S/C20H19Cl2N3O2/c1-20(27,15-9-5-6-10-16(15)21)13-23-17-11-24-25(19(26)18(17)22)12-14-7-3-2-4-8-14/h2-11,23,27H,12-13H2,1H3. The van der Waals surface area contributed by atoms with Crippen molar-refractivity contribution < 1.29 is 5.11 Å². The van der Waals surface area contributed by atoms with E-state index in [9.17, 15) is 9.90 Å². The molecule has 0 spiro atoms. The maximum atomic E-state index is 12.5. The summed E-state index contributed by atoms with van der Waals surface area (Å²) in [4.78, 5) is 12.5. The van der Waals surface area contributed by atoms with Gasteiger partial charge in [-0.25, -0.2) is 4.68 Å². The van der Waals surface area contributed by atoms with E-state index in [1.807, 2.05) is 30.3 Å². The van der Waals surface area contributed by atoms with E-state index in [0.29, 0.717) is 22.8 Å². The monoisotopic (exact) mass is 403 g/mol. The first-order valence-electron chi connectivity index (χ1n) is 8.39. The average Bonchev–Trinajstić information content (AvgIpc) is 2.66. The number of hydrogen-bond acceptors (Lipinski definition) is 4. The van der Waals surface area contributed by atoms with Crippen LogP contribution < -0.4 is 10.9 Å². The van der Waals surface area contributed by atoms with E-state index in [-0.39, 0.29) is 11.6 Å². The quantitative estimate of drug-likeness (QED) is 0.654. The van der Waals surface area contributed by atoms with Gasteiger partial charge in [0.05, 0.1) is 18.4 Å². The first-order chi connectivity index (χ1) is 12.9. The molecule has 3 aromatic rings. The van der Waals surface area contributed by atoms with Crippen LogP contribution in [-0.4, -0.2) is 21.4 Å². The van der Waals surface area contributed by atoms with Crippen molar-refractivity contribution in [2.45, 2.75) is 19.1 Å². The summed E-state index contributed by atoms with van der Waals surface area (Å²) in [6, 6.07) is 16.6. The molecule has 2 aromatic carbocycles. The van der Waals surface area contributed by atoms with Crippen LogP contribution in [-0.2, 0) is 12.1 Å². The molecule has 0 aliphatic rings. The molecular weight excluding hydrogens is 385 g/mol. The van der Waals surface area contributed by atoms with Gasteiger partial charge in [-0.05, 0) is 18.6 Å². The van der Waals surface area contributed by atoms with E-state index >= 15 is 0 Å². The van der Waals surface area contributed by atoms with Gasteiger partial charge in [0.25, 0.3) is 5.56 Å². The first-order valence-corrected chi connectivity index (χ1v) is 9.15. The van der Waals surface area contributed by atoms with Gasteiger partial charge in [-0.3, -0.25) is 4.79 Å². The molecular formula is C20H19Cl2N3O2. The number of aromatic nitrogens is 2. The molecule has 0 aliphatic carbocycles. The molecule has 1 atom stereocenters. The Hall–Kier alpha value is -2.34. The van der Waals surface area contributed by atoms with Gasteiger partial charge in [-0.15, -0.1) is 0 Å². The molecule has 1 unspecified atom stereocenters. The van der Waals surface area contributed by atoms with Crippen LogP contribution in [0.25, 0.3) is 0 Å². The first kappa shape index (κ1) is 19.4. The molecule has 0 saturated heterocycles. The minimum atomic E-state index is -1.25. The predicted molar refractivity (Wildman–Crippen MR) is 109 cm³/mol. The highest BCUT2D eigenvalue weighted by atomic mass is 35.5. The van der Waals surface area contributed by atoms with Gasteiger partial charge in [0.15, 0.2) is 0 Å². The Kier molecular flexibility index (Phi) is 5.85. The second-order valence-electron chi connectivity index (χ2n) is 6.43. The summed E-state index contributed by atoms with van der Waals surface area (Å²) in [5.74, 6) is 0. The molecule has 0 saturated carbocycles. The highest BCUT2D eigenvalue weighted by molar-refractivity contribution is 6.33. The Morgan fingerprint density at radius 2 is 1.78 bits per heavy atom. The van der Waals surface area contributed by atoms with Crippen LogP contribution in [0.3, 0.4) is 0 Å². The van der Waals surface area contributed by atoms with E-state index in [4.69, 9.17) is 23.2 Å². The molecule has 5 nitrogen and oxygen atoms in total. The van der Waals surface area contributed by atoms with E-state index in [0.717, 1.165) is 5.56 Å². The third-order valence-corrected chi connectivity index (χ3v) is 4.93. The van der Waals surface area contributed by atoms with E-state index < -0.39 is 11.2 Å². The lowest BCUT2D eigenvalue weighted by atomic mass is 9.96. The van der Waals surface area contributed by atoms with Crippen LogP contribution in [0.2, 0.25) is 10.0 Å². The largest absolute Gasteiger partial charge is 0.384 e. The Morgan fingerprint density at radius 1 is 1.11 bits per heavy atom. The van der Waals surface area contributed by atoms with Crippen molar-refractivity contribution in [1.29, 1.82) is 0 Å². The van der Waals surface area contributed by atoms with E-state index in [2.05, 4.69) is 10.4 Å². The summed E-state index contributed by atoms with van der Waals surface area (Å²) in [7, 11) is 0. The molecule has 27 heavy (non-hydrogen) atoms. The number of benzene rings is 2. The summed E-state index contributed by atoms with van der Waals surface area (Å²) in [5.41, 5.74) is 0.244. The average molecular weight is 404 g/mol. The fourth-order valence-corrected chi connectivity index (χ4v) is 3.27. The number of halogens is 2. The van der Waals surface area contributed by atoms with Crippen molar-refractivity contribution in [3.8, 4) is 0 Å². The fourth-order valence-electron chi connectivity index (χ4n) is 2.72. The minimum Gasteiger partial charge on any atom is -0.384 e. The smallest absolute Gasteiger partial charge is 0.287 e. The molecule has 0 aliphatic heterocycles. The molecule has 0 fully saturated rings. The molecule has 1 heterocycles. The number of aliphatic hydroxyl groups is 1. The van der Waals surface area contributed by atoms with Gasteiger partial charge in [0.1, 0.15) is 10.6 Å². The number of nitrogens with one attached hydrogen (secondary N) is 1. The van der Waals surface area contributed by atoms with Gasteiger partial charge in [0.2, 0.25) is 0 Å². The third-order valence-electron chi connectivity index (χ3n) is 4.24. The maximum Gasteiger partial charge on any atom is 0.287 e.